The SMILES string of the molecule is O=C(CSCc1ccc(Cl)cc1)NCCOc1cccc2ccccc12. The smallest absolute Gasteiger partial charge is 0.230 e. The van der Waals surface area contributed by atoms with Gasteiger partial charge in [0.2, 0.25) is 5.91 Å². The molecular weight excluding hydrogens is 366 g/mol. The van der Waals surface area contributed by atoms with Gasteiger partial charge in [-0.2, -0.15) is 0 Å². The van der Waals surface area contributed by atoms with E-state index < -0.39 is 0 Å². The lowest BCUT2D eigenvalue weighted by molar-refractivity contribution is -0.118. The van der Waals surface area contributed by atoms with Crippen LogP contribution in [0, 0.1) is 0 Å². The molecule has 0 fully saturated rings. The van der Waals surface area contributed by atoms with Crippen molar-refractivity contribution in [2.45, 2.75) is 5.75 Å². The molecular formula is C21H20ClNO2S. The van der Waals surface area contributed by atoms with Crippen LogP contribution in [0.4, 0.5) is 0 Å². The minimum Gasteiger partial charge on any atom is -0.491 e. The average Bonchev–Trinajstić information content (AvgIpc) is 2.67. The van der Waals surface area contributed by atoms with Crippen molar-refractivity contribution in [3.63, 3.8) is 0 Å². The number of amides is 1. The van der Waals surface area contributed by atoms with Crippen LogP contribution in [0.15, 0.2) is 66.7 Å². The Hall–Kier alpha value is -2.17. The third-order valence-corrected chi connectivity index (χ3v) is 5.10. The second-order valence-corrected chi connectivity index (χ2v) is 7.22. The Bertz CT molecular complexity index is 862. The number of thioether (sulfide) groups is 1. The van der Waals surface area contributed by atoms with Gasteiger partial charge in [0.25, 0.3) is 0 Å². The summed E-state index contributed by atoms with van der Waals surface area (Å²) in [6, 6.07) is 21.8. The number of benzene rings is 3. The van der Waals surface area contributed by atoms with E-state index in [9.17, 15) is 4.79 Å². The molecule has 0 aliphatic heterocycles. The molecule has 0 atom stereocenters. The second-order valence-electron chi connectivity index (χ2n) is 5.79. The summed E-state index contributed by atoms with van der Waals surface area (Å²) in [5, 5.41) is 5.84. The molecule has 0 saturated heterocycles. The highest BCUT2D eigenvalue weighted by atomic mass is 35.5. The van der Waals surface area contributed by atoms with Crippen LogP contribution in [0.5, 0.6) is 5.75 Å². The first kappa shape index (κ1) is 18.6. The van der Waals surface area contributed by atoms with Crippen LogP contribution in [0.1, 0.15) is 5.56 Å². The van der Waals surface area contributed by atoms with Gasteiger partial charge in [-0.25, -0.2) is 0 Å². The maximum atomic E-state index is 11.9. The molecule has 0 radical (unpaired) electrons. The van der Waals surface area contributed by atoms with E-state index in [2.05, 4.69) is 17.4 Å². The maximum absolute atomic E-state index is 11.9. The van der Waals surface area contributed by atoms with E-state index in [4.69, 9.17) is 16.3 Å². The van der Waals surface area contributed by atoms with E-state index >= 15 is 0 Å². The predicted molar refractivity (Wildman–Crippen MR) is 110 cm³/mol. The van der Waals surface area contributed by atoms with Crippen molar-refractivity contribution < 1.29 is 9.53 Å². The van der Waals surface area contributed by atoms with E-state index in [0.717, 1.165) is 32.9 Å². The molecule has 134 valence electrons. The normalized spacial score (nSPS) is 10.7. The molecule has 3 nitrogen and oxygen atoms in total. The summed E-state index contributed by atoms with van der Waals surface area (Å²) < 4.78 is 5.82. The summed E-state index contributed by atoms with van der Waals surface area (Å²) in [6.45, 7) is 0.936. The average molecular weight is 386 g/mol. The third-order valence-electron chi connectivity index (χ3n) is 3.85. The summed E-state index contributed by atoms with van der Waals surface area (Å²) in [5.74, 6) is 2.08. The maximum Gasteiger partial charge on any atom is 0.230 e. The van der Waals surface area contributed by atoms with E-state index in [-0.39, 0.29) is 5.91 Å². The van der Waals surface area contributed by atoms with Crippen LogP contribution in [-0.2, 0) is 10.5 Å². The zero-order valence-corrected chi connectivity index (χ0v) is 15.9. The molecule has 3 rings (SSSR count). The van der Waals surface area contributed by atoms with Crippen LogP contribution < -0.4 is 10.1 Å². The Kier molecular flexibility index (Phi) is 6.81. The first-order valence-electron chi connectivity index (χ1n) is 8.42. The number of hydrogen-bond acceptors (Lipinski definition) is 3. The zero-order chi connectivity index (χ0) is 18.2. The largest absolute Gasteiger partial charge is 0.491 e. The van der Waals surface area contributed by atoms with Crippen LogP contribution >= 0.6 is 23.4 Å². The highest BCUT2D eigenvalue weighted by molar-refractivity contribution is 7.99. The number of hydrogen-bond donors (Lipinski definition) is 1. The highest BCUT2D eigenvalue weighted by Crippen LogP contribution is 2.24. The Balaban J connectivity index is 1.36. The van der Waals surface area contributed by atoms with Crippen molar-refractivity contribution in [3.05, 3.63) is 77.3 Å². The van der Waals surface area contributed by atoms with Crippen LogP contribution in [0.25, 0.3) is 10.8 Å². The minimum absolute atomic E-state index is 0.0190. The topological polar surface area (TPSA) is 38.3 Å². The molecule has 0 spiro atoms. The monoisotopic (exact) mass is 385 g/mol. The molecule has 0 unspecified atom stereocenters. The van der Waals surface area contributed by atoms with Gasteiger partial charge in [-0.15, -0.1) is 11.8 Å². The van der Waals surface area contributed by atoms with Gasteiger partial charge in [0, 0.05) is 16.2 Å². The fourth-order valence-electron chi connectivity index (χ4n) is 2.57. The van der Waals surface area contributed by atoms with Gasteiger partial charge in [-0.05, 0) is 29.1 Å². The van der Waals surface area contributed by atoms with Gasteiger partial charge < -0.3 is 10.1 Å². The van der Waals surface area contributed by atoms with E-state index in [1.54, 1.807) is 11.8 Å². The van der Waals surface area contributed by atoms with E-state index in [0.29, 0.717) is 18.9 Å². The number of fused-ring (bicyclic) bond motifs is 1. The van der Waals surface area contributed by atoms with Gasteiger partial charge in [-0.1, -0.05) is 60.1 Å². The molecule has 3 aromatic rings. The van der Waals surface area contributed by atoms with Crippen LogP contribution in [0.3, 0.4) is 0 Å². The number of nitrogens with one attached hydrogen (secondary N) is 1. The number of rotatable bonds is 8. The first-order chi connectivity index (χ1) is 12.7. The van der Waals surface area contributed by atoms with Crippen molar-refractivity contribution in [3.8, 4) is 5.75 Å². The second kappa shape index (κ2) is 9.51. The Morgan fingerprint density at radius 2 is 1.77 bits per heavy atom. The Morgan fingerprint density at radius 3 is 2.62 bits per heavy atom. The van der Waals surface area contributed by atoms with E-state index in [1.807, 2.05) is 54.6 Å². The standard InChI is InChI=1S/C21H20ClNO2S/c22-18-10-8-16(9-11-18)14-26-15-21(24)23-12-13-25-20-7-3-5-17-4-1-2-6-19(17)20/h1-11H,12-15H2,(H,23,24). The van der Waals surface area contributed by atoms with Gasteiger partial charge in [-0.3, -0.25) is 4.79 Å². The molecule has 0 aromatic heterocycles. The highest BCUT2D eigenvalue weighted by Gasteiger charge is 2.04. The van der Waals surface area contributed by atoms with Crippen molar-refractivity contribution >= 4 is 40.0 Å². The fourth-order valence-corrected chi connectivity index (χ4v) is 3.51. The van der Waals surface area contributed by atoms with Gasteiger partial charge in [0.05, 0.1) is 12.3 Å². The lowest BCUT2D eigenvalue weighted by atomic mass is 10.1. The van der Waals surface area contributed by atoms with Gasteiger partial charge in [0.1, 0.15) is 12.4 Å². The molecule has 3 aromatic carbocycles. The van der Waals surface area contributed by atoms with Crippen molar-refractivity contribution in [2.75, 3.05) is 18.9 Å². The molecule has 0 aliphatic rings. The molecule has 1 N–H and O–H groups in total. The quantitative estimate of drug-likeness (QED) is 0.559. The predicted octanol–water partition coefficient (Wildman–Crippen LogP) is 4.92. The number of carbonyl (C=O) groups excluding carboxylic acids is 1. The third kappa shape index (κ3) is 5.41. The van der Waals surface area contributed by atoms with Crippen LogP contribution in [0.2, 0.25) is 5.02 Å². The molecule has 0 bridgehead atoms. The van der Waals surface area contributed by atoms with E-state index in [1.165, 1.54) is 0 Å². The Morgan fingerprint density at radius 1 is 1.00 bits per heavy atom. The summed E-state index contributed by atoms with van der Waals surface area (Å²) in [7, 11) is 0. The van der Waals surface area contributed by atoms with Gasteiger partial charge in [0.15, 0.2) is 0 Å². The van der Waals surface area contributed by atoms with Crippen molar-refractivity contribution in [1.82, 2.24) is 5.32 Å². The summed E-state index contributed by atoms with van der Waals surface area (Å²) in [4.78, 5) is 11.9. The number of carbonyl (C=O) groups is 1. The molecule has 0 aliphatic carbocycles. The minimum atomic E-state index is 0.0190. The summed E-state index contributed by atoms with van der Waals surface area (Å²) in [5.41, 5.74) is 1.16. The molecule has 26 heavy (non-hydrogen) atoms. The summed E-state index contributed by atoms with van der Waals surface area (Å²) in [6.07, 6.45) is 0. The number of halogens is 1. The zero-order valence-electron chi connectivity index (χ0n) is 14.3. The Labute approximate surface area is 162 Å². The summed E-state index contributed by atoms with van der Waals surface area (Å²) >= 11 is 7.44. The molecule has 1 amide bonds. The first-order valence-corrected chi connectivity index (χ1v) is 9.95. The van der Waals surface area contributed by atoms with Crippen molar-refractivity contribution in [1.29, 1.82) is 0 Å². The van der Waals surface area contributed by atoms with Gasteiger partial charge >= 0.3 is 0 Å². The molecule has 0 heterocycles. The molecule has 5 heteroatoms. The molecule has 0 saturated carbocycles. The lowest BCUT2D eigenvalue weighted by Crippen LogP contribution is -2.29. The lowest BCUT2D eigenvalue weighted by Gasteiger charge is -2.10. The number of ether oxygens (including phenoxy) is 1. The fraction of sp³-hybridized carbons (Fsp3) is 0.190. The van der Waals surface area contributed by atoms with Crippen molar-refractivity contribution in [2.24, 2.45) is 0 Å². The van der Waals surface area contributed by atoms with Crippen LogP contribution in [-0.4, -0.2) is 24.8 Å².